The molecule has 0 atom stereocenters. The number of benzene rings is 2. The third-order valence-electron chi connectivity index (χ3n) is 5.03. The minimum Gasteiger partial charge on any atom is -0.340 e. The number of rotatable bonds is 5. The number of anilines is 1. The smallest absolute Gasteiger partial charge is 0.130 e. The Hall–Kier alpha value is -3.40. The molecule has 2 aromatic heterocycles. The molecular weight excluding hydrogens is 344 g/mol. The topological polar surface area (TPSA) is 42.7 Å². The van der Waals surface area contributed by atoms with Crippen molar-refractivity contribution >= 4 is 22.3 Å². The van der Waals surface area contributed by atoms with Crippen LogP contribution in [0.4, 0.5) is 5.82 Å². The molecule has 140 valence electrons. The summed E-state index contributed by atoms with van der Waals surface area (Å²) in [6.07, 6.45) is 8.74. The zero-order valence-corrected chi connectivity index (χ0v) is 16.5. The van der Waals surface area contributed by atoms with Crippen molar-refractivity contribution in [3.63, 3.8) is 0 Å². The summed E-state index contributed by atoms with van der Waals surface area (Å²) in [5, 5.41) is 5.75. The van der Waals surface area contributed by atoms with Gasteiger partial charge >= 0.3 is 0 Å². The van der Waals surface area contributed by atoms with Crippen LogP contribution in [0.25, 0.3) is 27.7 Å². The van der Waals surface area contributed by atoms with Crippen LogP contribution in [0.1, 0.15) is 25.0 Å². The van der Waals surface area contributed by atoms with E-state index in [9.17, 15) is 0 Å². The van der Waals surface area contributed by atoms with Gasteiger partial charge in [-0.1, -0.05) is 43.3 Å². The molecule has 0 aliphatic heterocycles. The van der Waals surface area contributed by atoms with E-state index in [-0.39, 0.29) is 0 Å². The van der Waals surface area contributed by atoms with Crippen molar-refractivity contribution in [2.75, 3.05) is 5.32 Å². The molecule has 0 radical (unpaired) electrons. The zero-order valence-electron chi connectivity index (χ0n) is 16.5. The van der Waals surface area contributed by atoms with E-state index in [4.69, 9.17) is 0 Å². The minimum absolute atomic E-state index is 0.838. The summed E-state index contributed by atoms with van der Waals surface area (Å²) >= 11 is 0. The first-order valence-electron chi connectivity index (χ1n) is 9.57. The average Bonchev–Trinajstić information content (AvgIpc) is 3.17. The summed E-state index contributed by atoms with van der Waals surface area (Å²) in [7, 11) is 2.01. The van der Waals surface area contributed by atoms with Crippen LogP contribution in [0.2, 0.25) is 0 Å². The number of hydrogen-bond donors (Lipinski definition) is 1. The van der Waals surface area contributed by atoms with Crippen LogP contribution in [-0.4, -0.2) is 14.5 Å². The number of aryl methyl sites for hydroxylation is 2. The predicted molar refractivity (Wildman–Crippen MR) is 117 cm³/mol. The van der Waals surface area contributed by atoms with Crippen molar-refractivity contribution < 1.29 is 0 Å². The molecule has 0 saturated heterocycles. The van der Waals surface area contributed by atoms with Crippen molar-refractivity contribution in [3.8, 4) is 11.3 Å². The fourth-order valence-electron chi connectivity index (χ4n) is 3.41. The quantitative estimate of drug-likeness (QED) is 0.493. The van der Waals surface area contributed by atoms with Gasteiger partial charge in [0, 0.05) is 29.9 Å². The number of pyridine rings is 1. The van der Waals surface area contributed by atoms with Gasteiger partial charge in [-0.15, -0.1) is 0 Å². The predicted octanol–water partition coefficient (Wildman–Crippen LogP) is 5.67. The Balaban J connectivity index is 1.67. The van der Waals surface area contributed by atoms with Crippen LogP contribution in [0, 0.1) is 0 Å². The number of nitrogens with one attached hydrogen (secondary N) is 1. The molecule has 2 heterocycles. The van der Waals surface area contributed by atoms with Crippen LogP contribution in [0.5, 0.6) is 0 Å². The van der Waals surface area contributed by atoms with Crippen molar-refractivity contribution in [1.29, 1.82) is 0 Å². The van der Waals surface area contributed by atoms with E-state index in [1.807, 2.05) is 37.3 Å². The van der Waals surface area contributed by atoms with Crippen molar-refractivity contribution in [1.82, 2.24) is 14.5 Å². The molecule has 4 aromatic rings. The van der Waals surface area contributed by atoms with Gasteiger partial charge in [0.05, 0.1) is 18.2 Å². The van der Waals surface area contributed by atoms with Gasteiger partial charge in [-0.25, -0.2) is 9.97 Å². The Bertz CT molecular complexity index is 1150. The fraction of sp³-hybridized carbons (Fsp3) is 0.167. The molecule has 4 nitrogen and oxygen atoms in total. The van der Waals surface area contributed by atoms with Crippen molar-refractivity contribution in [2.24, 2.45) is 7.05 Å². The normalized spacial score (nSPS) is 11.8. The molecule has 2 aromatic carbocycles. The molecule has 4 heteroatoms. The zero-order chi connectivity index (χ0) is 19.5. The first-order chi connectivity index (χ1) is 13.7. The summed E-state index contributed by atoms with van der Waals surface area (Å²) in [6, 6.07) is 17.1. The summed E-state index contributed by atoms with van der Waals surface area (Å²) in [5.41, 5.74) is 5.80. The molecule has 4 rings (SSSR count). The number of imidazole rings is 1. The Morgan fingerprint density at radius 1 is 1.07 bits per heavy atom. The highest BCUT2D eigenvalue weighted by Gasteiger charge is 2.07. The standard InChI is InChI=1S/C24H24N4/c1-4-17-7-6-8-18(11-17)22(5-2)27-24-13-21-12-19(9-10-20(21)14-26-24)23-15-25-16-28(23)3/h5-16H,4H2,1-3H3,(H,26,27)/b22-5+. The largest absolute Gasteiger partial charge is 0.340 e. The van der Waals surface area contributed by atoms with E-state index in [0.29, 0.717) is 0 Å². The van der Waals surface area contributed by atoms with Crippen molar-refractivity contribution in [3.05, 3.63) is 84.5 Å². The second kappa shape index (κ2) is 7.69. The van der Waals surface area contributed by atoms with Gasteiger partial charge in [0.15, 0.2) is 0 Å². The number of allylic oxidation sites excluding steroid dienone is 1. The molecule has 28 heavy (non-hydrogen) atoms. The van der Waals surface area contributed by atoms with E-state index < -0.39 is 0 Å². The van der Waals surface area contributed by atoms with Gasteiger partial charge in [0.25, 0.3) is 0 Å². The maximum absolute atomic E-state index is 4.60. The lowest BCUT2D eigenvalue weighted by atomic mass is 10.1. The summed E-state index contributed by atoms with van der Waals surface area (Å²) in [6.45, 7) is 4.22. The Labute approximate surface area is 165 Å². The molecule has 1 N–H and O–H groups in total. The third kappa shape index (κ3) is 3.54. The molecule has 0 unspecified atom stereocenters. The molecule has 0 fully saturated rings. The Kier molecular flexibility index (Phi) is 4.94. The number of aromatic nitrogens is 3. The molecule has 0 spiro atoms. The van der Waals surface area contributed by atoms with Crippen LogP contribution in [0.15, 0.2) is 73.3 Å². The molecular formula is C24H24N4. The first-order valence-corrected chi connectivity index (χ1v) is 9.57. The number of nitrogens with zero attached hydrogens (tertiary/aromatic N) is 3. The number of hydrogen-bond acceptors (Lipinski definition) is 3. The molecule has 0 aliphatic carbocycles. The van der Waals surface area contributed by atoms with E-state index in [2.05, 4.69) is 76.8 Å². The maximum atomic E-state index is 4.60. The van der Waals surface area contributed by atoms with E-state index in [0.717, 1.165) is 40.0 Å². The van der Waals surface area contributed by atoms with Crippen LogP contribution in [0.3, 0.4) is 0 Å². The third-order valence-corrected chi connectivity index (χ3v) is 5.03. The maximum Gasteiger partial charge on any atom is 0.130 e. The van der Waals surface area contributed by atoms with Gasteiger partial charge in [-0.2, -0.15) is 0 Å². The SMILES string of the molecule is C/C=C(/Nc1cc2cc(-c3cncn3C)ccc2cn1)c1cccc(CC)c1. The van der Waals surface area contributed by atoms with E-state index in [1.165, 1.54) is 11.1 Å². The summed E-state index contributed by atoms with van der Waals surface area (Å²) < 4.78 is 2.03. The van der Waals surface area contributed by atoms with E-state index >= 15 is 0 Å². The minimum atomic E-state index is 0.838. The lowest BCUT2D eigenvalue weighted by molar-refractivity contribution is 0.921. The monoisotopic (exact) mass is 368 g/mol. The van der Waals surface area contributed by atoms with Gasteiger partial charge in [-0.05, 0) is 48.1 Å². The average molecular weight is 368 g/mol. The highest BCUT2D eigenvalue weighted by molar-refractivity contribution is 5.89. The molecule has 0 saturated carbocycles. The Morgan fingerprint density at radius 3 is 2.71 bits per heavy atom. The van der Waals surface area contributed by atoms with Gasteiger partial charge in [0.1, 0.15) is 5.82 Å². The lowest BCUT2D eigenvalue weighted by Gasteiger charge is -2.12. The molecule has 0 aliphatic rings. The van der Waals surface area contributed by atoms with Gasteiger partial charge < -0.3 is 9.88 Å². The second-order valence-corrected chi connectivity index (χ2v) is 6.90. The van der Waals surface area contributed by atoms with Gasteiger partial charge in [0.2, 0.25) is 0 Å². The van der Waals surface area contributed by atoms with Crippen LogP contribution in [-0.2, 0) is 13.5 Å². The molecule has 0 amide bonds. The first kappa shape index (κ1) is 18.0. The summed E-state index contributed by atoms with van der Waals surface area (Å²) in [5.74, 6) is 0.838. The Morgan fingerprint density at radius 2 is 1.96 bits per heavy atom. The second-order valence-electron chi connectivity index (χ2n) is 6.90. The highest BCUT2D eigenvalue weighted by Crippen LogP contribution is 2.26. The van der Waals surface area contributed by atoms with Crippen molar-refractivity contribution in [2.45, 2.75) is 20.3 Å². The highest BCUT2D eigenvalue weighted by atomic mass is 15.0. The summed E-state index contributed by atoms with van der Waals surface area (Å²) in [4.78, 5) is 8.83. The van der Waals surface area contributed by atoms with Crippen LogP contribution >= 0.6 is 0 Å². The van der Waals surface area contributed by atoms with Crippen LogP contribution < -0.4 is 5.32 Å². The van der Waals surface area contributed by atoms with Gasteiger partial charge in [-0.3, -0.25) is 0 Å². The fourth-order valence-corrected chi connectivity index (χ4v) is 3.41. The number of fused-ring (bicyclic) bond motifs is 1. The molecule has 0 bridgehead atoms. The lowest BCUT2D eigenvalue weighted by Crippen LogP contribution is -2.01. The van der Waals surface area contributed by atoms with E-state index in [1.54, 1.807) is 0 Å².